The molecule has 5 nitrogen and oxygen atoms in total. The number of nitrogens with zero attached hydrogens (tertiary/aromatic N) is 3. The minimum atomic E-state index is 0. The fourth-order valence-electron chi connectivity index (χ4n) is 3.12. The molecule has 1 aromatic rings. The summed E-state index contributed by atoms with van der Waals surface area (Å²) in [5.74, 6) is 2.52. The van der Waals surface area contributed by atoms with Crippen LogP contribution in [-0.4, -0.2) is 56.2 Å². The molecular formula is C18H31IN4O. The highest BCUT2D eigenvalue weighted by Crippen LogP contribution is 2.22. The van der Waals surface area contributed by atoms with E-state index in [4.69, 9.17) is 4.74 Å². The molecule has 0 amide bonds. The number of pyridine rings is 1. The lowest BCUT2D eigenvalue weighted by molar-refractivity contribution is 0.181. The van der Waals surface area contributed by atoms with Gasteiger partial charge in [0.25, 0.3) is 0 Å². The van der Waals surface area contributed by atoms with Gasteiger partial charge in [0, 0.05) is 58.0 Å². The van der Waals surface area contributed by atoms with Crippen LogP contribution in [0.3, 0.4) is 0 Å². The summed E-state index contributed by atoms with van der Waals surface area (Å²) < 4.78 is 5.46. The van der Waals surface area contributed by atoms with Gasteiger partial charge >= 0.3 is 0 Å². The quantitative estimate of drug-likeness (QED) is 0.415. The summed E-state index contributed by atoms with van der Waals surface area (Å²) in [4.78, 5) is 10.9. The van der Waals surface area contributed by atoms with Crippen LogP contribution in [0.2, 0.25) is 0 Å². The van der Waals surface area contributed by atoms with Gasteiger partial charge in [-0.05, 0) is 24.0 Å². The normalized spacial score (nSPS) is 19.0. The van der Waals surface area contributed by atoms with Crippen molar-refractivity contribution in [3.63, 3.8) is 0 Å². The van der Waals surface area contributed by atoms with E-state index in [9.17, 15) is 0 Å². The summed E-state index contributed by atoms with van der Waals surface area (Å²) in [6.07, 6.45) is 4.94. The number of aromatic nitrogens is 1. The SMILES string of the molecule is CN=C(NCC(c1cccnc1)C(C)C)N(C)CC1CCOC1.I. The summed E-state index contributed by atoms with van der Waals surface area (Å²) in [5.41, 5.74) is 1.28. The van der Waals surface area contributed by atoms with Crippen LogP contribution in [0.4, 0.5) is 0 Å². The molecule has 0 radical (unpaired) electrons. The summed E-state index contributed by atoms with van der Waals surface area (Å²) in [6, 6.07) is 4.16. The van der Waals surface area contributed by atoms with Gasteiger partial charge in [-0.25, -0.2) is 0 Å². The third kappa shape index (κ3) is 6.20. The second kappa shape index (κ2) is 10.9. The van der Waals surface area contributed by atoms with Crippen LogP contribution in [-0.2, 0) is 4.74 Å². The first kappa shape index (κ1) is 21.2. The van der Waals surface area contributed by atoms with E-state index in [1.807, 2.05) is 25.5 Å². The van der Waals surface area contributed by atoms with Crippen molar-refractivity contribution in [1.29, 1.82) is 0 Å². The fraction of sp³-hybridized carbons (Fsp3) is 0.667. The number of guanidine groups is 1. The smallest absolute Gasteiger partial charge is 0.193 e. The maximum absolute atomic E-state index is 5.46. The van der Waals surface area contributed by atoms with Crippen LogP contribution in [0.15, 0.2) is 29.5 Å². The van der Waals surface area contributed by atoms with Gasteiger partial charge in [-0.3, -0.25) is 9.98 Å². The van der Waals surface area contributed by atoms with E-state index >= 15 is 0 Å². The summed E-state index contributed by atoms with van der Waals surface area (Å²) in [6.45, 7) is 8.11. The molecule has 0 aromatic carbocycles. The van der Waals surface area contributed by atoms with E-state index in [-0.39, 0.29) is 24.0 Å². The highest BCUT2D eigenvalue weighted by molar-refractivity contribution is 14.0. The highest BCUT2D eigenvalue weighted by Gasteiger charge is 2.21. The largest absolute Gasteiger partial charge is 0.381 e. The number of halogens is 1. The first-order valence-electron chi connectivity index (χ1n) is 8.51. The first-order chi connectivity index (χ1) is 11.1. The number of hydrogen-bond acceptors (Lipinski definition) is 3. The molecule has 136 valence electrons. The summed E-state index contributed by atoms with van der Waals surface area (Å²) in [7, 11) is 3.94. The highest BCUT2D eigenvalue weighted by atomic mass is 127. The topological polar surface area (TPSA) is 49.8 Å². The van der Waals surface area contributed by atoms with E-state index in [2.05, 4.69) is 47.2 Å². The van der Waals surface area contributed by atoms with Crippen LogP contribution in [0, 0.1) is 11.8 Å². The molecule has 24 heavy (non-hydrogen) atoms. The molecule has 0 saturated carbocycles. The Morgan fingerprint density at radius 1 is 1.50 bits per heavy atom. The van der Waals surface area contributed by atoms with E-state index in [0.29, 0.717) is 17.8 Å². The van der Waals surface area contributed by atoms with Crippen molar-refractivity contribution < 1.29 is 4.74 Å². The minimum Gasteiger partial charge on any atom is -0.381 e. The Labute approximate surface area is 163 Å². The zero-order valence-electron chi connectivity index (χ0n) is 15.2. The summed E-state index contributed by atoms with van der Waals surface area (Å²) >= 11 is 0. The zero-order valence-corrected chi connectivity index (χ0v) is 17.6. The van der Waals surface area contributed by atoms with Crippen molar-refractivity contribution in [3.05, 3.63) is 30.1 Å². The number of aliphatic imine (C=N–C) groups is 1. The van der Waals surface area contributed by atoms with Crippen molar-refractivity contribution in [2.75, 3.05) is 40.4 Å². The second-order valence-corrected chi connectivity index (χ2v) is 6.68. The van der Waals surface area contributed by atoms with Gasteiger partial charge < -0.3 is 15.0 Å². The molecular weight excluding hydrogens is 415 g/mol. The van der Waals surface area contributed by atoms with Crippen molar-refractivity contribution in [2.24, 2.45) is 16.8 Å². The van der Waals surface area contributed by atoms with Gasteiger partial charge in [0.15, 0.2) is 5.96 Å². The Kier molecular flexibility index (Phi) is 9.58. The number of hydrogen-bond donors (Lipinski definition) is 1. The molecule has 2 atom stereocenters. The molecule has 0 aliphatic carbocycles. The van der Waals surface area contributed by atoms with E-state index < -0.39 is 0 Å². The molecule has 2 unspecified atom stereocenters. The molecule has 1 fully saturated rings. The molecule has 1 N–H and O–H groups in total. The minimum absolute atomic E-state index is 0. The average molecular weight is 446 g/mol. The Bertz CT molecular complexity index is 489. The maximum Gasteiger partial charge on any atom is 0.193 e. The molecule has 1 aliphatic rings. The standard InChI is InChI=1S/C18H30N4O.HI/c1-14(2)17(16-6-5-8-20-10-16)11-21-18(19-3)22(4)12-15-7-9-23-13-15;/h5-6,8,10,14-15,17H,7,9,11-13H2,1-4H3,(H,19,21);1H. The number of rotatable bonds is 6. The van der Waals surface area contributed by atoms with E-state index in [1.54, 1.807) is 0 Å². The first-order valence-corrected chi connectivity index (χ1v) is 8.51. The van der Waals surface area contributed by atoms with Gasteiger partial charge in [0.05, 0.1) is 6.61 Å². The predicted octanol–water partition coefficient (Wildman–Crippen LogP) is 2.98. The third-order valence-corrected chi connectivity index (χ3v) is 4.53. The number of ether oxygens (including phenoxy) is 1. The monoisotopic (exact) mass is 446 g/mol. The van der Waals surface area contributed by atoms with Gasteiger partial charge in [0.1, 0.15) is 0 Å². The van der Waals surface area contributed by atoms with Crippen LogP contribution >= 0.6 is 24.0 Å². The van der Waals surface area contributed by atoms with E-state index in [0.717, 1.165) is 38.7 Å². The van der Waals surface area contributed by atoms with Crippen molar-refractivity contribution in [2.45, 2.75) is 26.2 Å². The average Bonchev–Trinajstić information content (AvgIpc) is 3.05. The zero-order chi connectivity index (χ0) is 16.7. The van der Waals surface area contributed by atoms with Crippen LogP contribution in [0.25, 0.3) is 0 Å². The lowest BCUT2D eigenvalue weighted by Gasteiger charge is -2.27. The van der Waals surface area contributed by atoms with Crippen molar-refractivity contribution in [1.82, 2.24) is 15.2 Å². The molecule has 6 heteroatoms. The third-order valence-electron chi connectivity index (χ3n) is 4.53. The lowest BCUT2D eigenvalue weighted by atomic mass is 9.89. The van der Waals surface area contributed by atoms with Crippen LogP contribution in [0.1, 0.15) is 31.7 Å². The predicted molar refractivity (Wildman–Crippen MR) is 110 cm³/mol. The van der Waals surface area contributed by atoms with Gasteiger partial charge in [-0.15, -0.1) is 24.0 Å². The lowest BCUT2D eigenvalue weighted by Crippen LogP contribution is -2.43. The number of nitrogens with one attached hydrogen (secondary N) is 1. The molecule has 1 saturated heterocycles. The molecule has 2 heterocycles. The van der Waals surface area contributed by atoms with Crippen molar-refractivity contribution in [3.8, 4) is 0 Å². The Morgan fingerprint density at radius 2 is 2.29 bits per heavy atom. The second-order valence-electron chi connectivity index (χ2n) is 6.68. The van der Waals surface area contributed by atoms with Crippen LogP contribution in [0.5, 0.6) is 0 Å². The maximum atomic E-state index is 5.46. The Balaban J connectivity index is 0.00000288. The van der Waals surface area contributed by atoms with E-state index in [1.165, 1.54) is 5.56 Å². The molecule has 0 bridgehead atoms. The molecule has 2 rings (SSSR count). The summed E-state index contributed by atoms with van der Waals surface area (Å²) in [5, 5.41) is 3.53. The van der Waals surface area contributed by atoms with Gasteiger partial charge in [0.2, 0.25) is 0 Å². The molecule has 0 spiro atoms. The molecule has 1 aromatic heterocycles. The Morgan fingerprint density at radius 3 is 2.83 bits per heavy atom. The van der Waals surface area contributed by atoms with Crippen molar-refractivity contribution >= 4 is 29.9 Å². The van der Waals surface area contributed by atoms with Gasteiger partial charge in [-0.2, -0.15) is 0 Å². The Hall–Kier alpha value is -0.890. The van der Waals surface area contributed by atoms with Crippen LogP contribution < -0.4 is 5.32 Å². The van der Waals surface area contributed by atoms with Gasteiger partial charge in [-0.1, -0.05) is 19.9 Å². The molecule has 1 aliphatic heterocycles. The fourth-order valence-corrected chi connectivity index (χ4v) is 3.12.